The van der Waals surface area contributed by atoms with Crippen LogP contribution in [0, 0.1) is 18.8 Å². The van der Waals surface area contributed by atoms with Gasteiger partial charge in [-0.1, -0.05) is 30.0 Å². The van der Waals surface area contributed by atoms with Crippen LogP contribution in [0.25, 0.3) is 0 Å². The number of piperazine rings is 1. The Morgan fingerprint density at radius 1 is 0.968 bits per heavy atom. The van der Waals surface area contributed by atoms with Gasteiger partial charge in [0.1, 0.15) is 11.6 Å². The second kappa shape index (κ2) is 8.71. The summed E-state index contributed by atoms with van der Waals surface area (Å²) in [7, 11) is 0. The van der Waals surface area contributed by atoms with Crippen molar-refractivity contribution >= 4 is 23.5 Å². The van der Waals surface area contributed by atoms with Gasteiger partial charge in [0.05, 0.1) is 11.3 Å². The molecule has 1 amide bonds. The maximum absolute atomic E-state index is 12.7. The fourth-order valence-electron chi connectivity index (χ4n) is 3.45. The average Bonchev–Trinajstić information content (AvgIpc) is 2.79. The summed E-state index contributed by atoms with van der Waals surface area (Å²) >= 11 is 0. The van der Waals surface area contributed by atoms with Crippen LogP contribution in [0.3, 0.4) is 0 Å². The van der Waals surface area contributed by atoms with Gasteiger partial charge in [0.25, 0.3) is 5.91 Å². The van der Waals surface area contributed by atoms with Crippen LogP contribution in [-0.4, -0.2) is 51.9 Å². The number of nitrogens with zero attached hydrogens (tertiary/aromatic N) is 5. The van der Waals surface area contributed by atoms with Crippen molar-refractivity contribution in [3.05, 3.63) is 71.0 Å². The van der Waals surface area contributed by atoms with Gasteiger partial charge in [0.15, 0.2) is 0 Å². The number of carbonyl (C=O) groups excluding carboxylic acids is 1. The van der Waals surface area contributed by atoms with Crippen LogP contribution in [0.2, 0.25) is 0 Å². The van der Waals surface area contributed by atoms with Crippen molar-refractivity contribution in [1.82, 2.24) is 19.9 Å². The number of aromatic nitrogens is 3. The van der Waals surface area contributed by atoms with E-state index < -0.39 is 0 Å². The Morgan fingerprint density at radius 3 is 2.39 bits per heavy atom. The summed E-state index contributed by atoms with van der Waals surface area (Å²) in [5.41, 5.74) is 14.4. The third-order valence-electron chi connectivity index (χ3n) is 5.09. The summed E-state index contributed by atoms with van der Waals surface area (Å²) in [5, 5.41) is 0. The lowest BCUT2D eigenvalue weighted by Crippen LogP contribution is -2.49. The Bertz CT molecular complexity index is 1140. The molecule has 1 aliphatic rings. The fourth-order valence-corrected chi connectivity index (χ4v) is 3.45. The molecule has 0 aliphatic carbocycles. The highest BCUT2D eigenvalue weighted by molar-refractivity contribution is 5.94. The molecule has 1 aromatic carbocycles. The lowest BCUT2D eigenvalue weighted by atomic mass is 10.1. The van der Waals surface area contributed by atoms with Gasteiger partial charge >= 0.3 is 0 Å². The van der Waals surface area contributed by atoms with Crippen LogP contribution < -0.4 is 16.4 Å². The molecule has 3 heterocycles. The van der Waals surface area contributed by atoms with Crippen LogP contribution >= 0.6 is 0 Å². The van der Waals surface area contributed by atoms with Crippen LogP contribution in [0.5, 0.6) is 0 Å². The first-order valence-electron chi connectivity index (χ1n) is 9.98. The molecule has 0 bridgehead atoms. The first-order chi connectivity index (χ1) is 15.0. The molecule has 0 saturated carbocycles. The van der Waals surface area contributed by atoms with Gasteiger partial charge in [-0.3, -0.25) is 4.79 Å². The van der Waals surface area contributed by atoms with Gasteiger partial charge < -0.3 is 21.3 Å². The summed E-state index contributed by atoms with van der Waals surface area (Å²) in [6.45, 7) is 4.30. The number of nitrogen functional groups attached to an aromatic ring is 2. The molecule has 2 aromatic heterocycles. The second-order valence-electron chi connectivity index (χ2n) is 7.23. The zero-order valence-electron chi connectivity index (χ0n) is 17.2. The molecule has 3 aromatic rings. The van der Waals surface area contributed by atoms with Gasteiger partial charge in [-0.25, -0.2) is 9.97 Å². The summed E-state index contributed by atoms with van der Waals surface area (Å²) < 4.78 is 0. The second-order valence-corrected chi connectivity index (χ2v) is 7.23. The third-order valence-corrected chi connectivity index (χ3v) is 5.09. The van der Waals surface area contributed by atoms with E-state index in [0.717, 1.165) is 5.56 Å². The molecule has 156 valence electrons. The number of hydrogen-bond donors (Lipinski definition) is 2. The molecule has 4 N–H and O–H groups in total. The number of aryl methyl sites for hydroxylation is 1. The molecule has 31 heavy (non-hydrogen) atoms. The Balaban J connectivity index is 1.55. The van der Waals surface area contributed by atoms with Crippen LogP contribution in [0.15, 0.2) is 48.7 Å². The number of rotatable bonds is 2. The number of anilines is 3. The molecule has 0 radical (unpaired) electrons. The van der Waals surface area contributed by atoms with E-state index in [4.69, 9.17) is 11.5 Å². The molecule has 4 rings (SSSR count). The van der Waals surface area contributed by atoms with Crippen molar-refractivity contribution in [3.63, 3.8) is 0 Å². The standard InChI is InChI=1S/C23H23N7O/c1-16-19(9-7-17-8-10-20(24)26-15-17)21(28-23(25)27-16)29-11-13-30(14-12-29)22(31)18-5-3-2-4-6-18/h2-6,8,10,15H,11-14H2,1H3,(H2,24,26)(H2,25,27,28). The number of hydrogen-bond acceptors (Lipinski definition) is 7. The van der Waals surface area contributed by atoms with E-state index in [9.17, 15) is 4.79 Å². The van der Waals surface area contributed by atoms with E-state index >= 15 is 0 Å². The monoisotopic (exact) mass is 413 g/mol. The number of pyridine rings is 1. The van der Waals surface area contributed by atoms with E-state index in [-0.39, 0.29) is 11.9 Å². The van der Waals surface area contributed by atoms with Crippen molar-refractivity contribution in [1.29, 1.82) is 0 Å². The highest BCUT2D eigenvalue weighted by Gasteiger charge is 2.25. The summed E-state index contributed by atoms with van der Waals surface area (Å²) in [4.78, 5) is 29.5. The van der Waals surface area contributed by atoms with Crippen LogP contribution in [-0.2, 0) is 0 Å². The molecule has 0 atom stereocenters. The Kier molecular flexibility index (Phi) is 5.67. The highest BCUT2D eigenvalue weighted by Crippen LogP contribution is 2.23. The number of carbonyl (C=O) groups is 1. The molecular weight excluding hydrogens is 390 g/mol. The van der Waals surface area contributed by atoms with E-state index in [2.05, 4.69) is 31.7 Å². The molecule has 1 fully saturated rings. The minimum Gasteiger partial charge on any atom is -0.384 e. The first-order valence-corrected chi connectivity index (χ1v) is 9.98. The number of amides is 1. The lowest BCUT2D eigenvalue weighted by molar-refractivity contribution is 0.0746. The topological polar surface area (TPSA) is 114 Å². The van der Waals surface area contributed by atoms with Gasteiger partial charge in [0, 0.05) is 43.5 Å². The zero-order chi connectivity index (χ0) is 21.8. The van der Waals surface area contributed by atoms with Crippen LogP contribution in [0.1, 0.15) is 27.2 Å². The molecule has 1 aliphatic heterocycles. The average molecular weight is 413 g/mol. The summed E-state index contributed by atoms with van der Waals surface area (Å²) in [6.07, 6.45) is 1.63. The van der Waals surface area contributed by atoms with Gasteiger partial charge in [-0.15, -0.1) is 0 Å². The summed E-state index contributed by atoms with van der Waals surface area (Å²) in [5.74, 6) is 7.64. The molecule has 0 unspecified atom stereocenters. The SMILES string of the molecule is Cc1nc(N)nc(N2CCN(C(=O)c3ccccc3)CC2)c1C#Cc1ccc(N)nc1. The summed E-state index contributed by atoms with van der Waals surface area (Å²) in [6, 6.07) is 12.8. The number of nitrogens with two attached hydrogens (primary N) is 2. The van der Waals surface area contributed by atoms with Crippen molar-refractivity contribution in [2.24, 2.45) is 0 Å². The van der Waals surface area contributed by atoms with Crippen molar-refractivity contribution in [3.8, 4) is 11.8 Å². The Morgan fingerprint density at radius 2 is 1.71 bits per heavy atom. The first kappa shape index (κ1) is 20.2. The van der Waals surface area contributed by atoms with E-state index in [0.29, 0.717) is 54.6 Å². The Labute approximate surface area is 180 Å². The zero-order valence-corrected chi connectivity index (χ0v) is 17.2. The minimum absolute atomic E-state index is 0.0366. The number of benzene rings is 1. The van der Waals surface area contributed by atoms with E-state index in [1.807, 2.05) is 48.2 Å². The third kappa shape index (κ3) is 4.56. The quantitative estimate of drug-likeness (QED) is 0.615. The largest absolute Gasteiger partial charge is 0.384 e. The van der Waals surface area contributed by atoms with Crippen molar-refractivity contribution in [2.45, 2.75) is 6.92 Å². The minimum atomic E-state index is 0.0366. The normalized spacial score (nSPS) is 13.5. The molecule has 8 heteroatoms. The maximum Gasteiger partial charge on any atom is 0.253 e. The molecule has 0 spiro atoms. The van der Waals surface area contributed by atoms with Crippen molar-refractivity contribution in [2.75, 3.05) is 42.5 Å². The molecular formula is C23H23N7O. The van der Waals surface area contributed by atoms with Gasteiger partial charge in [-0.2, -0.15) is 4.98 Å². The molecule has 1 saturated heterocycles. The predicted molar refractivity (Wildman–Crippen MR) is 120 cm³/mol. The smallest absolute Gasteiger partial charge is 0.253 e. The van der Waals surface area contributed by atoms with E-state index in [1.165, 1.54) is 0 Å². The molecule has 8 nitrogen and oxygen atoms in total. The maximum atomic E-state index is 12.7. The van der Waals surface area contributed by atoms with Gasteiger partial charge in [0.2, 0.25) is 5.95 Å². The Hall–Kier alpha value is -4.12. The highest BCUT2D eigenvalue weighted by atomic mass is 16.2. The lowest BCUT2D eigenvalue weighted by Gasteiger charge is -2.36. The van der Waals surface area contributed by atoms with Crippen molar-refractivity contribution < 1.29 is 4.79 Å². The van der Waals surface area contributed by atoms with Crippen LogP contribution in [0.4, 0.5) is 17.6 Å². The predicted octanol–water partition coefficient (Wildman–Crippen LogP) is 1.71. The fraction of sp³-hybridized carbons (Fsp3) is 0.217. The van der Waals surface area contributed by atoms with Gasteiger partial charge in [-0.05, 0) is 31.2 Å². The van der Waals surface area contributed by atoms with E-state index in [1.54, 1.807) is 12.3 Å².